The first-order chi connectivity index (χ1) is 12.9. The summed E-state index contributed by atoms with van der Waals surface area (Å²) < 4.78 is 12.1. The molecule has 1 fully saturated rings. The number of ether oxygens (including phenoxy) is 1. The van der Waals surface area contributed by atoms with Gasteiger partial charge in [0.1, 0.15) is 5.41 Å². The van der Waals surface area contributed by atoms with Crippen molar-refractivity contribution in [3.63, 3.8) is 0 Å². The summed E-state index contributed by atoms with van der Waals surface area (Å²) in [6.45, 7) is 7.23. The molecule has 0 atom stereocenters. The van der Waals surface area contributed by atoms with Gasteiger partial charge in [-0.3, -0.25) is 9.59 Å². The fourth-order valence-corrected chi connectivity index (χ4v) is 8.43. The topological polar surface area (TPSA) is 52.6 Å². The average Bonchev–Trinajstić information content (AvgIpc) is 2.64. The molecule has 0 aromatic heterocycles. The number of Topliss-reactive ketones (excluding diaryl/α,β-unsaturated/α-hetero) is 1. The van der Waals surface area contributed by atoms with Gasteiger partial charge in [-0.1, -0.05) is 81.4 Å². The molecule has 1 saturated heterocycles. The molecule has 27 heavy (non-hydrogen) atoms. The normalized spacial score (nSPS) is 16.4. The molecule has 0 aliphatic carbocycles. The second kappa shape index (κ2) is 7.50. The Morgan fingerprint density at radius 1 is 1.04 bits per heavy atom. The Kier molecular flexibility index (Phi) is 5.47. The van der Waals surface area contributed by atoms with Gasteiger partial charge in [-0.2, -0.15) is 0 Å². The molecule has 0 unspecified atom stereocenters. The molecule has 0 bridgehead atoms. The van der Waals surface area contributed by atoms with Crippen LogP contribution in [-0.2, 0) is 18.8 Å². The zero-order chi connectivity index (χ0) is 19.5. The van der Waals surface area contributed by atoms with E-state index in [4.69, 9.17) is 9.16 Å². The molecule has 0 radical (unpaired) electrons. The lowest BCUT2D eigenvalue weighted by molar-refractivity contribution is -0.167. The van der Waals surface area contributed by atoms with E-state index in [0.717, 1.165) is 10.4 Å². The number of carbonyl (C=O) groups is 2. The number of rotatable bonds is 7. The van der Waals surface area contributed by atoms with Crippen molar-refractivity contribution >= 4 is 30.8 Å². The monoisotopic (exact) mass is 382 g/mol. The van der Waals surface area contributed by atoms with Crippen LogP contribution in [0.3, 0.4) is 0 Å². The third-order valence-electron chi connectivity index (χ3n) is 5.37. The minimum Gasteiger partial charge on any atom is -0.406 e. The summed E-state index contributed by atoms with van der Waals surface area (Å²) >= 11 is 0. The Hall–Kier alpha value is -2.08. The quantitative estimate of drug-likeness (QED) is 0.419. The van der Waals surface area contributed by atoms with E-state index in [2.05, 4.69) is 45.0 Å². The van der Waals surface area contributed by atoms with Crippen LogP contribution in [0.5, 0.6) is 0 Å². The molecule has 0 saturated carbocycles. The third-order valence-corrected chi connectivity index (χ3v) is 10.4. The van der Waals surface area contributed by atoms with Gasteiger partial charge in [0.25, 0.3) is 8.32 Å². The van der Waals surface area contributed by atoms with Crippen molar-refractivity contribution in [3.8, 4) is 0 Å². The number of benzene rings is 2. The minimum absolute atomic E-state index is 0.175. The van der Waals surface area contributed by atoms with Crippen LogP contribution in [-0.4, -0.2) is 40.2 Å². The van der Waals surface area contributed by atoms with Gasteiger partial charge in [0.15, 0.2) is 6.29 Å². The van der Waals surface area contributed by atoms with Gasteiger partial charge in [-0.05, 0) is 15.4 Å². The largest absolute Gasteiger partial charge is 0.406 e. The Bertz CT molecular complexity index is 753. The van der Waals surface area contributed by atoms with Gasteiger partial charge in [-0.25, -0.2) is 0 Å². The zero-order valence-corrected chi connectivity index (χ0v) is 17.1. The first-order valence-corrected chi connectivity index (χ1v) is 11.1. The molecule has 2 aromatic rings. The van der Waals surface area contributed by atoms with Crippen molar-refractivity contribution in [2.45, 2.75) is 25.8 Å². The second-order valence-corrected chi connectivity index (χ2v) is 12.5. The highest BCUT2D eigenvalue weighted by atomic mass is 28.4. The SMILES string of the molecule is CC(C)(C)[Si](OCC1(C(=O)C=O)COC1)(c1ccccc1)c1ccccc1. The van der Waals surface area contributed by atoms with Crippen molar-refractivity contribution in [3.05, 3.63) is 60.7 Å². The summed E-state index contributed by atoms with van der Waals surface area (Å²) in [6, 6.07) is 20.5. The number of carbonyl (C=O) groups excluding carboxylic acids is 2. The highest BCUT2D eigenvalue weighted by Crippen LogP contribution is 2.39. The van der Waals surface area contributed by atoms with Crippen LogP contribution in [0, 0.1) is 5.41 Å². The number of hydrogen-bond acceptors (Lipinski definition) is 4. The van der Waals surface area contributed by atoms with Crippen LogP contribution < -0.4 is 10.4 Å². The number of hydrogen-bond donors (Lipinski definition) is 0. The van der Waals surface area contributed by atoms with Gasteiger partial charge < -0.3 is 9.16 Å². The van der Waals surface area contributed by atoms with Crippen LogP contribution in [0.15, 0.2) is 60.7 Å². The molecule has 2 aromatic carbocycles. The van der Waals surface area contributed by atoms with Crippen LogP contribution in [0.25, 0.3) is 0 Å². The van der Waals surface area contributed by atoms with E-state index in [9.17, 15) is 9.59 Å². The summed E-state index contributed by atoms with van der Waals surface area (Å²) in [5, 5.41) is 2.13. The van der Waals surface area contributed by atoms with E-state index in [0.29, 0.717) is 6.29 Å². The lowest BCUT2D eigenvalue weighted by Gasteiger charge is -2.47. The standard InChI is InChI=1S/C22H26O4Si/c1-21(2,3)27(18-10-6-4-7-11-18,19-12-8-5-9-13-19)26-17-22(15-25-16-22)20(24)14-23/h4-14H,15-17H2,1-3H3. The van der Waals surface area contributed by atoms with Gasteiger partial charge >= 0.3 is 0 Å². The molecule has 1 heterocycles. The highest BCUT2D eigenvalue weighted by molar-refractivity contribution is 6.99. The first kappa shape index (κ1) is 19.7. The Balaban J connectivity index is 2.10. The van der Waals surface area contributed by atoms with E-state index >= 15 is 0 Å². The van der Waals surface area contributed by atoms with Crippen molar-refractivity contribution < 1.29 is 18.8 Å². The molecule has 1 aliphatic heterocycles. The van der Waals surface area contributed by atoms with Gasteiger partial charge in [0.2, 0.25) is 5.78 Å². The lowest BCUT2D eigenvalue weighted by atomic mass is 9.83. The summed E-state index contributed by atoms with van der Waals surface area (Å²) in [6.07, 6.45) is 0.400. The van der Waals surface area contributed by atoms with E-state index in [1.54, 1.807) is 0 Å². The number of aldehydes is 1. The summed E-state index contributed by atoms with van der Waals surface area (Å²) in [5.74, 6) is -0.438. The fraction of sp³-hybridized carbons (Fsp3) is 0.364. The van der Waals surface area contributed by atoms with E-state index in [1.165, 1.54) is 0 Å². The van der Waals surface area contributed by atoms with Gasteiger partial charge in [0.05, 0.1) is 19.8 Å². The Labute approximate surface area is 161 Å². The fourth-order valence-electron chi connectivity index (χ4n) is 3.78. The molecule has 0 amide bonds. The summed E-state index contributed by atoms with van der Waals surface area (Å²) in [7, 11) is -2.72. The Morgan fingerprint density at radius 2 is 1.52 bits per heavy atom. The van der Waals surface area contributed by atoms with Crippen molar-refractivity contribution in [2.75, 3.05) is 19.8 Å². The summed E-state index contributed by atoms with van der Waals surface area (Å²) in [5.41, 5.74) is -0.852. The molecular weight excluding hydrogens is 356 g/mol. The third kappa shape index (κ3) is 3.42. The molecule has 4 nitrogen and oxygen atoms in total. The average molecular weight is 383 g/mol. The van der Waals surface area contributed by atoms with Crippen LogP contribution in [0.1, 0.15) is 20.8 Å². The Morgan fingerprint density at radius 3 is 1.85 bits per heavy atom. The molecule has 142 valence electrons. The van der Waals surface area contributed by atoms with Gasteiger partial charge in [-0.15, -0.1) is 0 Å². The summed E-state index contributed by atoms with van der Waals surface area (Å²) in [4.78, 5) is 23.4. The zero-order valence-electron chi connectivity index (χ0n) is 16.1. The van der Waals surface area contributed by atoms with E-state index < -0.39 is 19.5 Å². The molecular formula is C22H26O4Si. The molecule has 1 aliphatic rings. The predicted octanol–water partition coefficient (Wildman–Crippen LogP) is 2.35. The van der Waals surface area contributed by atoms with Crippen LogP contribution >= 0.6 is 0 Å². The van der Waals surface area contributed by atoms with E-state index in [1.807, 2.05) is 36.4 Å². The highest BCUT2D eigenvalue weighted by Gasteiger charge is 2.54. The van der Waals surface area contributed by atoms with Gasteiger partial charge in [0, 0.05) is 0 Å². The van der Waals surface area contributed by atoms with Crippen LogP contribution in [0.4, 0.5) is 0 Å². The number of ketones is 1. The van der Waals surface area contributed by atoms with Crippen molar-refractivity contribution in [1.82, 2.24) is 0 Å². The maximum Gasteiger partial charge on any atom is 0.261 e. The smallest absolute Gasteiger partial charge is 0.261 e. The minimum atomic E-state index is -2.72. The second-order valence-electron chi connectivity index (χ2n) is 8.21. The lowest BCUT2D eigenvalue weighted by Crippen LogP contribution is -2.68. The molecule has 5 heteroatoms. The maximum absolute atomic E-state index is 12.2. The maximum atomic E-state index is 12.2. The van der Waals surface area contributed by atoms with Crippen molar-refractivity contribution in [1.29, 1.82) is 0 Å². The molecule has 3 rings (SSSR count). The molecule has 0 spiro atoms. The first-order valence-electron chi connectivity index (χ1n) is 9.18. The van der Waals surface area contributed by atoms with Crippen LogP contribution in [0.2, 0.25) is 5.04 Å². The molecule has 0 N–H and O–H groups in total. The van der Waals surface area contributed by atoms with E-state index in [-0.39, 0.29) is 24.9 Å². The van der Waals surface area contributed by atoms with Crippen molar-refractivity contribution in [2.24, 2.45) is 5.41 Å². The predicted molar refractivity (Wildman–Crippen MR) is 108 cm³/mol.